The Bertz CT molecular complexity index is 571. The number of sulfonamides is 1. The van der Waals surface area contributed by atoms with Crippen LogP contribution in [0.25, 0.3) is 0 Å². The van der Waals surface area contributed by atoms with Gasteiger partial charge in [0.15, 0.2) is 0 Å². The Morgan fingerprint density at radius 3 is 2.76 bits per heavy atom. The normalized spacial score (nSPS) is 22.1. The number of aliphatic hydroxyl groups is 1. The topological polar surface area (TPSA) is 57.6 Å². The minimum atomic E-state index is -3.11. The second-order valence-electron chi connectivity index (χ2n) is 6.15. The van der Waals surface area contributed by atoms with Gasteiger partial charge in [-0.05, 0) is 49.7 Å². The summed E-state index contributed by atoms with van der Waals surface area (Å²) in [6.45, 7) is 3.21. The molecule has 0 saturated carbocycles. The zero-order valence-electron chi connectivity index (χ0n) is 12.8. The highest BCUT2D eigenvalue weighted by atomic mass is 32.2. The zero-order chi connectivity index (χ0) is 15.5. The van der Waals surface area contributed by atoms with Gasteiger partial charge in [-0.2, -0.15) is 0 Å². The first kappa shape index (κ1) is 16.5. The summed E-state index contributed by atoms with van der Waals surface area (Å²) in [5, 5.41) is 10.3. The average molecular weight is 311 g/mol. The number of aryl methyl sites for hydroxylation is 1. The molecule has 1 saturated heterocycles. The first-order valence-electron chi connectivity index (χ1n) is 7.54. The highest BCUT2D eigenvalue weighted by molar-refractivity contribution is 7.88. The van der Waals surface area contributed by atoms with Crippen LogP contribution in [0.2, 0.25) is 0 Å². The van der Waals surface area contributed by atoms with E-state index < -0.39 is 16.1 Å². The molecule has 0 bridgehead atoms. The number of rotatable bonds is 5. The van der Waals surface area contributed by atoms with Gasteiger partial charge in [0, 0.05) is 13.1 Å². The predicted molar refractivity (Wildman–Crippen MR) is 84.6 cm³/mol. The molecule has 1 aromatic carbocycles. The van der Waals surface area contributed by atoms with Crippen molar-refractivity contribution in [2.75, 3.05) is 19.3 Å². The van der Waals surface area contributed by atoms with Gasteiger partial charge >= 0.3 is 0 Å². The van der Waals surface area contributed by atoms with Crippen LogP contribution in [0.15, 0.2) is 24.3 Å². The van der Waals surface area contributed by atoms with E-state index in [1.165, 1.54) is 17.4 Å². The molecule has 1 aliphatic heterocycles. The Labute approximate surface area is 127 Å². The fourth-order valence-electron chi connectivity index (χ4n) is 3.08. The fourth-order valence-corrected chi connectivity index (χ4v) is 4.02. The van der Waals surface area contributed by atoms with Gasteiger partial charge in [0.1, 0.15) is 0 Å². The maximum Gasteiger partial charge on any atom is 0.211 e. The molecule has 21 heavy (non-hydrogen) atoms. The first-order valence-corrected chi connectivity index (χ1v) is 9.39. The van der Waals surface area contributed by atoms with E-state index >= 15 is 0 Å². The van der Waals surface area contributed by atoms with E-state index in [-0.39, 0.29) is 5.92 Å². The molecule has 0 radical (unpaired) electrons. The van der Waals surface area contributed by atoms with Crippen molar-refractivity contribution in [2.24, 2.45) is 5.92 Å². The summed E-state index contributed by atoms with van der Waals surface area (Å²) in [7, 11) is -3.11. The Morgan fingerprint density at radius 2 is 2.10 bits per heavy atom. The summed E-state index contributed by atoms with van der Waals surface area (Å²) in [6, 6.07) is 8.08. The van der Waals surface area contributed by atoms with Gasteiger partial charge in [0.05, 0.1) is 12.4 Å². The van der Waals surface area contributed by atoms with Crippen molar-refractivity contribution >= 4 is 10.0 Å². The molecular formula is C16H25NO3S. The third-order valence-corrected chi connectivity index (χ3v) is 5.54. The van der Waals surface area contributed by atoms with Gasteiger partial charge in [-0.1, -0.05) is 24.3 Å². The SMILES string of the molecule is Cc1ccccc1CC(O)CC1CCCN(S(C)(=O)=O)C1. The van der Waals surface area contributed by atoms with Gasteiger partial charge in [-0.15, -0.1) is 0 Å². The van der Waals surface area contributed by atoms with E-state index in [0.717, 1.165) is 12.8 Å². The number of hydrogen-bond acceptors (Lipinski definition) is 3. The minimum absolute atomic E-state index is 0.257. The minimum Gasteiger partial charge on any atom is -0.393 e. The van der Waals surface area contributed by atoms with Crippen LogP contribution in [-0.4, -0.2) is 43.3 Å². The number of aliphatic hydroxyl groups excluding tert-OH is 1. The molecule has 0 aliphatic carbocycles. The lowest BCUT2D eigenvalue weighted by Gasteiger charge is -2.32. The summed E-state index contributed by atoms with van der Waals surface area (Å²) in [5.41, 5.74) is 2.36. The molecule has 2 rings (SSSR count). The molecule has 1 aromatic rings. The quantitative estimate of drug-likeness (QED) is 0.904. The lowest BCUT2D eigenvalue weighted by molar-refractivity contribution is 0.122. The van der Waals surface area contributed by atoms with Crippen LogP contribution in [0.1, 0.15) is 30.4 Å². The van der Waals surface area contributed by atoms with Crippen molar-refractivity contribution < 1.29 is 13.5 Å². The molecule has 0 spiro atoms. The van der Waals surface area contributed by atoms with Crippen LogP contribution in [0.5, 0.6) is 0 Å². The average Bonchev–Trinajstić information content (AvgIpc) is 2.41. The molecule has 1 heterocycles. The van der Waals surface area contributed by atoms with Gasteiger partial charge in [-0.25, -0.2) is 12.7 Å². The van der Waals surface area contributed by atoms with Crippen LogP contribution in [0.3, 0.4) is 0 Å². The molecular weight excluding hydrogens is 286 g/mol. The first-order chi connectivity index (χ1) is 9.86. The van der Waals surface area contributed by atoms with Crippen molar-refractivity contribution in [3.63, 3.8) is 0 Å². The monoisotopic (exact) mass is 311 g/mol. The summed E-state index contributed by atoms with van der Waals surface area (Å²) >= 11 is 0. The van der Waals surface area contributed by atoms with Gasteiger partial charge in [0.2, 0.25) is 10.0 Å². The molecule has 1 fully saturated rings. The molecule has 4 nitrogen and oxygen atoms in total. The van der Waals surface area contributed by atoms with Crippen molar-refractivity contribution in [2.45, 2.75) is 38.7 Å². The lowest BCUT2D eigenvalue weighted by atomic mass is 9.90. The van der Waals surface area contributed by atoms with Crippen molar-refractivity contribution in [3.05, 3.63) is 35.4 Å². The Morgan fingerprint density at radius 1 is 1.38 bits per heavy atom. The second kappa shape index (κ2) is 6.90. The number of hydrogen-bond donors (Lipinski definition) is 1. The van der Waals surface area contributed by atoms with Crippen molar-refractivity contribution in [1.29, 1.82) is 0 Å². The van der Waals surface area contributed by atoms with Crippen LogP contribution < -0.4 is 0 Å². The maximum atomic E-state index is 11.6. The van der Waals surface area contributed by atoms with Gasteiger partial charge in [-0.3, -0.25) is 0 Å². The highest BCUT2D eigenvalue weighted by Gasteiger charge is 2.27. The van der Waals surface area contributed by atoms with Crippen molar-refractivity contribution in [3.8, 4) is 0 Å². The molecule has 1 aliphatic rings. The van der Waals surface area contributed by atoms with E-state index in [1.54, 1.807) is 4.31 Å². The van der Waals surface area contributed by atoms with Crippen molar-refractivity contribution in [1.82, 2.24) is 4.31 Å². The van der Waals surface area contributed by atoms with Crippen LogP contribution in [0.4, 0.5) is 0 Å². The third kappa shape index (κ3) is 4.80. The van der Waals surface area contributed by atoms with Crippen LogP contribution >= 0.6 is 0 Å². The Hall–Kier alpha value is -0.910. The molecule has 1 N–H and O–H groups in total. The molecule has 0 aromatic heterocycles. The largest absolute Gasteiger partial charge is 0.393 e. The molecule has 118 valence electrons. The van der Waals surface area contributed by atoms with Crippen LogP contribution in [-0.2, 0) is 16.4 Å². The van der Waals surface area contributed by atoms with Gasteiger partial charge in [0.25, 0.3) is 0 Å². The van der Waals surface area contributed by atoms with E-state index in [0.29, 0.717) is 25.9 Å². The molecule has 2 atom stereocenters. The maximum absolute atomic E-state index is 11.6. The molecule has 2 unspecified atom stereocenters. The lowest BCUT2D eigenvalue weighted by Crippen LogP contribution is -2.40. The fraction of sp³-hybridized carbons (Fsp3) is 0.625. The smallest absolute Gasteiger partial charge is 0.211 e. The zero-order valence-corrected chi connectivity index (χ0v) is 13.6. The summed E-state index contributed by atoms with van der Waals surface area (Å²) in [5.74, 6) is 0.257. The third-order valence-electron chi connectivity index (χ3n) is 4.27. The van der Waals surface area contributed by atoms with Crippen LogP contribution in [0, 0.1) is 12.8 Å². The molecule has 5 heteroatoms. The van der Waals surface area contributed by atoms with E-state index in [2.05, 4.69) is 0 Å². The van der Waals surface area contributed by atoms with E-state index in [9.17, 15) is 13.5 Å². The summed E-state index contributed by atoms with van der Waals surface area (Å²) < 4.78 is 24.8. The Balaban J connectivity index is 1.91. The number of piperidine rings is 1. The number of nitrogens with zero attached hydrogens (tertiary/aromatic N) is 1. The number of benzene rings is 1. The Kier molecular flexibility index (Phi) is 5.41. The molecule has 0 amide bonds. The summed E-state index contributed by atoms with van der Waals surface area (Å²) in [6.07, 6.45) is 4.04. The summed E-state index contributed by atoms with van der Waals surface area (Å²) in [4.78, 5) is 0. The van der Waals surface area contributed by atoms with E-state index in [4.69, 9.17) is 0 Å². The second-order valence-corrected chi connectivity index (χ2v) is 8.13. The van der Waals surface area contributed by atoms with Gasteiger partial charge < -0.3 is 5.11 Å². The highest BCUT2D eigenvalue weighted by Crippen LogP contribution is 2.24. The standard InChI is InChI=1S/C16H25NO3S/c1-13-6-3-4-8-15(13)11-16(18)10-14-7-5-9-17(12-14)21(2,19)20/h3-4,6,8,14,16,18H,5,7,9-12H2,1-2H3. The predicted octanol–water partition coefficient (Wildman–Crippen LogP) is 1.96. The van der Waals surface area contributed by atoms with E-state index in [1.807, 2.05) is 31.2 Å².